The lowest BCUT2D eigenvalue weighted by atomic mass is 10.0. The molecule has 0 aliphatic carbocycles. The fourth-order valence-electron chi connectivity index (χ4n) is 7.07. The lowest BCUT2D eigenvalue weighted by Crippen LogP contribution is -2.33. The van der Waals surface area contributed by atoms with Crippen LogP contribution in [0.25, 0.3) is 55.0 Å². The average Bonchev–Trinajstić information content (AvgIpc) is 3.60. The highest BCUT2D eigenvalue weighted by atomic mass is 31.2. The Bertz CT molecular complexity index is 2430. The van der Waals surface area contributed by atoms with Crippen LogP contribution < -0.4 is 15.9 Å². The van der Waals surface area contributed by atoms with Gasteiger partial charge in [0.1, 0.15) is 5.82 Å². The molecule has 1 aliphatic rings. The second-order valence-corrected chi connectivity index (χ2v) is 13.7. The lowest BCUT2D eigenvalue weighted by Gasteiger charge is -2.29. The van der Waals surface area contributed by atoms with Crippen molar-refractivity contribution in [2.75, 3.05) is 0 Å². The van der Waals surface area contributed by atoms with Gasteiger partial charge in [-0.25, -0.2) is 4.98 Å². The van der Waals surface area contributed by atoms with Gasteiger partial charge in [0.2, 0.25) is 0 Å². The Labute approximate surface area is 242 Å². The molecular formula is C37H26N3OP. The third-order valence-electron chi connectivity index (χ3n) is 8.84. The number of para-hydroxylation sites is 2. The Balaban J connectivity index is 1.46. The fraction of sp³-hybridized carbons (Fsp3) is 0.0541. The molecular weight excluding hydrogens is 533 g/mol. The van der Waals surface area contributed by atoms with E-state index in [0.29, 0.717) is 0 Å². The number of aryl methyl sites for hydroxylation is 1. The molecule has 0 saturated carbocycles. The largest absolute Gasteiger partial charge is 0.309 e. The van der Waals surface area contributed by atoms with Crippen molar-refractivity contribution >= 4 is 66.7 Å². The molecule has 0 fully saturated rings. The van der Waals surface area contributed by atoms with Crippen molar-refractivity contribution < 1.29 is 4.57 Å². The Morgan fingerprint density at radius 2 is 1.40 bits per heavy atom. The monoisotopic (exact) mass is 559 g/mol. The molecule has 0 N–H and O–H groups in total. The van der Waals surface area contributed by atoms with Gasteiger partial charge in [0, 0.05) is 38.8 Å². The van der Waals surface area contributed by atoms with E-state index in [1.54, 1.807) is 0 Å². The topological polar surface area (TPSA) is 39.8 Å². The minimum atomic E-state index is -3.22. The zero-order valence-corrected chi connectivity index (χ0v) is 23.9. The standard InChI is InChI=1S/C37H26N3OP/c1-2-35-38-29-22-25(39-30-17-9-8-16-28(30)36-27-15-7-6-12-24(27)20-21-32(36)39)23-34-37(29)40(35)31-18-10-11-19-33(31)42(34,41)26-13-4-3-5-14-26/h3-23H,2H2,1H3. The first-order chi connectivity index (χ1) is 20.7. The molecule has 6 aromatic carbocycles. The molecule has 200 valence electrons. The summed E-state index contributed by atoms with van der Waals surface area (Å²) in [6, 6.07) is 44.1. The number of aromatic nitrogens is 3. The van der Waals surface area contributed by atoms with E-state index in [0.717, 1.165) is 61.6 Å². The first-order valence-electron chi connectivity index (χ1n) is 14.4. The van der Waals surface area contributed by atoms with Crippen LogP contribution >= 0.6 is 7.14 Å². The highest BCUT2D eigenvalue weighted by molar-refractivity contribution is 7.86. The first-order valence-corrected chi connectivity index (χ1v) is 16.1. The lowest BCUT2D eigenvalue weighted by molar-refractivity contribution is 0.592. The van der Waals surface area contributed by atoms with Gasteiger partial charge in [0.05, 0.1) is 27.8 Å². The van der Waals surface area contributed by atoms with Crippen LogP contribution in [0.5, 0.6) is 0 Å². The van der Waals surface area contributed by atoms with Crippen LogP contribution in [0.15, 0.2) is 127 Å². The summed E-state index contributed by atoms with van der Waals surface area (Å²) in [5.41, 5.74) is 6.01. The maximum atomic E-state index is 15.7. The molecule has 0 saturated heterocycles. The summed E-state index contributed by atoms with van der Waals surface area (Å²) in [5, 5.41) is 7.43. The van der Waals surface area contributed by atoms with E-state index in [1.807, 2.05) is 48.5 Å². The molecule has 0 spiro atoms. The van der Waals surface area contributed by atoms with Crippen molar-refractivity contribution in [1.29, 1.82) is 0 Å². The van der Waals surface area contributed by atoms with Crippen LogP contribution in [0.1, 0.15) is 12.7 Å². The molecule has 3 heterocycles. The minimum Gasteiger partial charge on any atom is -0.309 e. The van der Waals surface area contributed by atoms with Gasteiger partial charge in [-0.3, -0.25) is 4.57 Å². The second-order valence-electron chi connectivity index (χ2n) is 11.0. The Morgan fingerprint density at radius 3 is 2.26 bits per heavy atom. The van der Waals surface area contributed by atoms with Gasteiger partial charge in [-0.1, -0.05) is 97.9 Å². The molecule has 5 heteroatoms. The summed E-state index contributed by atoms with van der Waals surface area (Å²) in [5.74, 6) is 0.975. The van der Waals surface area contributed by atoms with Crippen LogP contribution in [0.4, 0.5) is 0 Å². The summed E-state index contributed by atoms with van der Waals surface area (Å²) >= 11 is 0. The molecule has 8 aromatic rings. The fourth-order valence-corrected chi connectivity index (χ4v) is 10.1. The average molecular weight is 560 g/mol. The molecule has 2 aromatic heterocycles. The second kappa shape index (κ2) is 8.55. The Kier molecular flexibility index (Phi) is 4.83. The molecule has 1 aliphatic heterocycles. The molecule has 0 amide bonds. The highest BCUT2D eigenvalue weighted by Crippen LogP contribution is 2.50. The summed E-state index contributed by atoms with van der Waals surface area (Å²) < 4.78 is 20.3. The van der Waals surface area contributed by atoms with Gasteiger partial charge in [-0.05, 0) is 47.2 Å². The maximum Gasteiger partial charge on any atom is 0.175 e. The van der Waals surface area contributed by atoms with Crippen molar-refractivity contribution in [2.24, 2.45) is 0 Å². The third-order valence-corrected chi connectivity index (χ3v) is 11.9. The molecule has 4 nitrogen and oxygen atoms in total. The predicted octanol–water partition coefficient (Wildman–Crippen LogP) is 7.79. The van der Waals surface area contributed by atoms with Crippen LogP contribution in [0, 0.1) is 0 Å². The summed E-state index contributed by atoms with van der Waals surface area (Å²) in [7, 11) is -3.22. The molecule has 9 rings (SSSR count). The summed E-state index contributed by atoms with van der Waals surface area (Å²) in [6.07, 6.45) is 0.773. The van der Waals surface area contributed by atoms with E-state index >= 15 is 4.57 Å². The smallest absolute Gasteiger partial charge is 0.175 e. The number of fused-ring (bicyclic) bond motifs is 7. The van der Waals surface area contributed by atoms with Gasteiger partial charge >= 0.3 is 0 Å². The Morgan fingerprint density at radius 1 is 0.667 bits per heavy atom. The SMILES string of the molecule is CCc1nc2cc(-n3c4ccccc4c4c5ccccc5ccc43)cc3c2n1-c1ccccc1P3(=O)c1ccccc1. The van der Waals surface area contributed by atoms with E-state index in [9.17, 15) is 0 Å². The molecule has 42 heavy (non-hydrogen) atoms. The van der Waals surface area contributed by atoms with E-state index < -0.39 is 7.14 Å². The minimum absolute atomic E-state index is 0.773. The highest BCUT2D eigenvalue weighted by Gasteiger charge is 2.40. The Hall–Kier alpha value is -4.92. The normalized spacial score (nSPS) is 16.0. The number of benzene rings is 6. The van der Waals surface area contributed by atoms with E-state index in [2.05, 4.69) is 94.9 Å². The van der Waals surface area contributed by atoms with E-state index in [1.165, 1.54) is 21.5 Å². The van der Waals surface area contributed by atoms with Crippen molar-refractivity contribution in [3.8, 4) is 11.4 Å². The van der Waals surface area contributed by atoms with Gasteiger partial charge in [-0.2, -0.15) is 0 Å². The number of hydrogen-bond acceptors (Lipinski definition) is 2. The predicted molar refractivity (Wildman–Crippen MR) is 175 cm³/mol. The quantitative estimate of drug-likeness (QED) is 0.207. The number of rotatable bonds is 3. The number of nitrogens with zero attached hydrogens (tertiary/aromatic N) is 3. The van der Waals surface area contributed by atoms with Crippen molar-refractivity contribution in [2.45, 2.75) is 13.3 Å². The van der Waals surface area contributed by atoms with Crippen LogP contribution in [0.3, 0.4) is 0 Å². The first kappa shape index (κ1) is 23.8. The van der Waals surface area contributed by atoms with Gasteiger partial charge in [-0.15, -0.1) is 0 Å². The van der Waals surface area contributed by atoms with Crippen LogP contribution in [0.2, 0.25) is 0 Å². The van der Waals surface area contributed by atoms with E-state index in [4.69, 9.17) is 4.98 Å². The summed E-state index contributed by atoms with van der Waals surface area (Å²) in [6.45, 7) is 2.14. The van der Waals surface area contributed by atoms with Crippen molar-refractivity contribution in [3.05, 3.63) is 133 Å². The van der Waals surface area contributed by atoms with Gasteiger partial charge in [0.15, 0.2) is 7.14 Å². The van der Waals surface area contributed by atoms with Crippen LogP contribution in [-0.2, 0) is 11.0 Å². The molecule has 1 atom stereocenters. The zero-order chi connectivity index (χ0) is 28.0. The number of hydrogen-bond donors (Lipinski definition) is 0. The number of imidazole rings is 1. The zero-order valence-electron chi connectivity index (χ0n) is 23.0. The summed E-state index contributed by atoms with van der Waals surface area (Å²) in [4.78, 5) is 5.17. The van der Waals surface area contributed by atoms with E-state index in [-0.39, 0.29) is 0 Å². The van der Waals surface area contributed by atoms with Gasteiger partial charge in [0.25, 0.3) is 0 Å². The van der Waals surface area contributed by atoms with Gasteiger partial charge < -0.3 is 9.13 Å². The molecule has 1 unspecified atom stereocenters. The van der Waals surface area contributed by atoms with Crippen molar-refractivity contribution in [1.82, 2.24) is 14.1 Å². The third kappa shape index (κ3) is 2.97. The maximum absolute atomic E-state index is 15.7. The molecule has 0 bridgehead atoms. The molecule has 0 radical (unpaired) electrons. The van der Waals surface area contributed by atoms with Crippen molar-refractivity contribution in [3.63, 3.8) is 0 Å². The van der Waals surface area contributed by atoms with Crippen LogP contribution in [-0.4, -0.2) is 14.1 Å².